The topological polar surface area (TPSA) is 124 Å². The van der Waals surface area contributed by atoms with Crippen LogP contribution in [0, 0.1) is 0 Å². The second-order valence-corrected chi connectivity index (χ2v) is 3.31. The lowest BCUT2D eigenvalue weighted by Gasteiger charge is -2.18. The third-order valence-electron chi connectivity index (χ3n) is 1.51. The van der Waals surface area contributed by atoms with Gasteiger partial charge in [0, 0.05) is 11.0 Å². The average Bonchev–Trinajstić information content (AvgIpc) is 2.16. The van der Waals surface area contributed by atoms with E-state index in [1.54, 1.807) is 0 Å². The van der Waals surface area contributed by atoms with Crippen molar-refractivity contribution in [3.63, 3.8) is 0 Å². The Morgan fingerprint density at radius 2 is 1.93 bits per heavy atom. The molecule has 8 heteroatoms. The molecule has 1 unspecified atom stereocenters. The Labute approximate surface area is 86.6 Å². The molecular weight excluding hydrogens is 227 g/mol. The van der Waals surface area contributed by atoms with Gasteiger partial charge in [0.2, 0.25) is 0 Å². The minimum absolute atomic E-state index is 0.318. The van der Waals surface area contributed by atoms with Crippen molar-refractivity contribution in [2.75, 3.05) is 0 Å². The molecule has 0 aromatic heterocycles. The van der Waals surface area contributed by atoms with Gasteiger partial charge >= 0.3 is 8.25 Å². The monoisotopic (exact) mass is 239 g/mol. The number of hydrogen-bond donors (Lipinski definition) is 4. The van der Waals surface area contributed by atoms with Gasteiger partial charge in [-0.2, -0.15) is 0 Å². The fraction of sp³-hybridized carbons (Fsp3) is 0.571. The molecule has 0 aliphatic rings. The van der Waals surface area contributed by atoms with Gasteiger partial charge in [-0.05, 0) is 6.08 Å². The Bertz CT molecular complexity index is 241. The Hall–Kier alpha value is -0.850. The second-order valence-electron chi connectivity index (χ2n) is 2.62. The van der Waals surface area contributed by atoms with Crippen LogP contribution in [0.25, 0.3) is 0 Å². The molecule has 0 saturated carbocycles. The lowest BCUT2D eigenvalue weighted by atomic mass is 10.1. The molecule has 0 saturated heterocycles. The number of aldehydes is 1. The molecular formula is C7H12O7P+. The van der Waals surface area contributed by atoms with E-state index in [2.05, 4.69) is 4.52 Å². The van der Waals surface area contributed by atoms with Gasteiger partial charge in [0.05, 0.1) is 6.10 Å². The van der Waals surface area contributed by atoms with Gasteiger partial charge in [-0.1, -0.05) is 0 Å². The van der Waals surface area contributed by atoms with Crippen molar-refractivity contribution in [1.82, 2.24) is 0 Å². The van der Waals surface area contributed by atoms with Crippen LogP contribution in [0.5, 0.6) is 0 Å². The van der Waals surface area contributed by atoms with E-state index in [9.17, 15) is 14.5 Å². The first kappa shape index (κ1) is 14.2. The minimum Gasteiger partial charge on any atom is -0.390 e. The highest BCUT2D eigenvalue weighted by atomic mass is 31.1. The van der Waals surface area contributed by atoms with Crippen LogP contribution in [-0.4, -0.2) is 44.8 Å². The van der Waals surface area contributed by atoms with Crippen molar-refractivity contribution < 1.29 is 34.1 Å². The smallest absolute Gasteiger partial charge is 0.390 e. The number of hydrogen-bond acceptors (Lipinski definition) is 6. The van der Waals surface area contributed by atoms with Gasteiger partial charge in [0.15, 0.2) is 6.26 Å². The molecule has 0 aliphatic carbocycles. The summed E-state index contributed by atoms with van der Waals surface area (Å²) >= 11 is 0. The van der Waals surface area contributed by atoms with Crippen molar-refractivity contribution in [3.8, 4) is 0 Å². The Morgan fingerprint density at radius 3 is 2.40 bits per heavy atom. The molecule has 0 amide bonds. The summed E-state index contributed by atoms with van der Waals surface area (Å²) < 4.78 is 14.1. The molecule has 15 heavy (non-hydrogen) atoms. The first-order valence-electron chi connectivity index (χ1n) is 3.96. The van der Waals surface area contributed by atoms with Gasteiger partial charge in [0.25, 0.3) is 0 Å². The second kappa shape index (κ2) is 7.44. The highest BCUT2D eigenvalue weighted by molar-refractivity contribution is 7.32. The molecule has 0 rings (SSSR count). The van der Waals surface area contributed by atoms with Crippen LogP contribution in [0.1, 0.15) is 6.42 Å². The van der Waals surface area contributed by atoms with Crippen LogP contribution in [0.2, 0.25) is 0 Å². The van der Waals surface area contributed by atoms with E-state index in [-0.39, 0.29) is 6.42 Å². The van der Waals surface area contributed by atoms with Crippen LogP contribution < -0.4 is 0 Å². The standard InChI is InChI=1S/C7H11O7P/c8-3-1-5(9)7(11)6(10)2-4-14-15(12)13/h2-7,9-11H,1H2/p+1/b4-2+/t5-,6-,7+/m1/s1. The fourth-order valence-electron chi connectivity index (χ4n) is 0.747. The number of carbonyl (C=O) groups excluding carboxylic acids is 1. The SMILES string of the molecule is O=CC[C@@H](O)[C@H](O)[C@H](O)/C=C/O[P+](=O)O. The highest BCUT2D eigenvalue weighted by Gasteiger charge is 2.22. The van der Waals surface area contributed by atoms with Crippen LogP contribution in [0.15, 0.2) is 12.3 Å². The van der Waals surface area contributed by atoms with Gasteiger partial charge in [-0.25, -0.2) is 4.52 Å². The van der Waals surface area contributed by atoms with Crippen molar-refractivity contribution in [2.45, 2.75) is 24.7 Å². The zero-order valence-electron chi connectivity index (χ0n) is 7.63. The molecule has 4 N–H and O–H groups in total. The first-order valence-corrected chi connectivity index (χ1v) is 5.09. The van der Waals surface area contributed by atoms with Crippen molar-refractivity contribution in [3.05, 3.63) is 12.3 Å². The molecule has 0 aromatic rings. The summed E-state index contributed by atoms with van der Waals surface area (Å²) in [7, 11) is -2.82. The summed E-state index contributed by atoms with van der Waals surface area (Å²) in [6.07, 6.45) is -2.78. The van der Waals surface area contributed by atoms with Crippen molar-refractivity contribution in [1.29, 1.82) is 0 Å². The predicted octanol–water partition coefficient (Wildman–Crippen LogP) is -1.16. The lowest BCUT2D eigenvalue weighted by Crippen LogP contribution is -2.36. The zero-order valence-corrected chi connectivity index (χ0v) is 8.53. The van der Waals surface area contributed by atoms with E-state index in [1.807, 2.05) is 0 Å². The maximum absolute atomic E-state index is 10.0. The Balaban J connectivity index is 4.07. The fourth-order valence-corrected chi connectivity index (χ4v) is 0.922. The Morgan fingerprint density at radius 1 is 1.33 bits per heavy atom. The third-order valence-corrected chi connectivity index (χ3v) is 1.81. The summed E-state index contributed by atoms with van der Waals surface area (Å²) in [5.74, 6) is 0. The van der Waals surface area contributed by atoms with Gasteiger partial charge < -0.3 is 20.1 Å². The molecule has 0 aromatic carbocycles. The molecule has 0 fully saturated rings. The van der Waals surface area contributed by atoms with Crippen LogP contribution >= 0.6 is 8.25 Å². The normalized spacial score (nSPS) is 18.3. The predicted molar refractivity (Wildman–Crippen MR) is 48.8 cm³/mol. The summed E-state index contributed by atoms with van der Waals surface area (Å²) in [6, 6.07) is 0. The maximum atomic E-state index is 10.0. The van der Waals surface area contributed by atoms with E-state index < -0.39 is 26.6 Å². The quantitative estimate of drug-likeness (QED) is 0.251. The van der Waals surface area contributed by atoms with Gasteiger partial charge in [-0.3, -0.25) is 0 Å². The summed E-state index contributed by atoms with van der Waals surface area (Å²) in [4.78, 5) is 18.2. The molecule has 0 spiro atoms. The van der Waals surface area contributed by atoms with Gasteiger partial charge in [-0.15, -0.1) is 4.89 Å². The Kier molecular flexibility index (Phi) is 7.02. The molecule has 4 atom stereocenters. The van der Waals surface area contributed by atoms with E-state index in [0.717, 1.165) is 12.3 Å². The van der Waals surface area contributed by atoms with E-state index in [0.29, 0.717) is 6.29 Å². The average molecular weight is 239 g/mol. The third kappa shape index (κ3) is 6.27. The number of aliphatic hydroxyl groups excluding tert-OH is 3. The highest BCUT2D eigenvalue weighted by Crippen LogP contribution is 2.15. The molecule has 0 radical (unpaired) electrons. The van der Waals surface area contributed by atoms with Crippen molar-refractivity contribution >= 4 is 14.5 Å². The summed E-state index contributed by atoms with van der Waals surface area (Å²) in [5, 5.41) is 27.4. The first-order chi connectivity index (χ1) is 6.99. The summed E-state index contributed by atoms with van der Waals surface area (Å²) in [5.41, 5.74) is 0. The maximum Gasteiger partial charge on any atom is 0.746 e. The molecule has 0 bridgehead atoms. The molecule has 0 heterocycles. The van der Waals surface area contributed by atoms with Crippen LogP contribution in [0.3, 0.4) is 0 Å². The van der Waals surface area contributed by atoms with E-state index >= 15 is 0 Å². The molecule has 7 nitrogen and oxygen atoms in total. The largest absolute Gasteiger partial charge is 0.746 e. The minimum atomic E-state index is -2.82. The van der Waals surface area contributed by atoms with Crippen LogP contribution in [-0.2, 0) is 13.9 Å². The lowest BCUT2D eigenvalue weighted by molar-refractivity contribution is -0.112. The molecule has 86 valence electrons. The van der Waals surface area contributed by atoms with Crippen LogP contribution in [0.4, 0.5) is 0 Å². The van der Waals surface area contributed by atoms with Gasteiger partial charge in [0.1, 0.15) is 18.5 Å². The van der Waals surface area contributed by atoms with Crippen molar-refractivity contribution in [2.24, 2.45) is 0 Å². The summed E-state index contributed by atoms with van der Waals surface area (Å²) in [6.45, 7) is 0. The zero-order chi connectivity index (χ0) is 11.8. The molecule has 0 aliphatic heterocycles. The number of rotatable bonds is 7. The van der Waals surface area contributed by atoms with E-state index in [1.165, 1.54) is 0 Å². The van der Waals surface area contributed by atoms with E-state index in [4.69, 9.17) is 15.1 Å². The number of carbonyl (C=O) groups is 1. The number of aliphatic hydroxyl groups is 3.